The smallest absolute Gasteiger partial charge is 0.387 e. The molecule has 0 bridgehead atoms. The summed E-state index contributed by atoms with van der Waals surface area (Å²) in [5, 5.41) is 20.5. The Hall–Kier alpha value is -2.24. The number of rotatable bonds is 5. The number of phosphoric ester groups is 1. The third-order valence-electron chi connectivity index (χ3n) is 4.42. The normalized spacial score (nSPS) is 25.4. The van der Waals surface area contributed by atoms with E-state index in [4.69, 9.17) is 14.5 Å². The van der Waals surface area contributed by atoms with Gasteiger partial charge >= 0.3 is 7.82 Å². The van der Waals surface area contributed by atoms with Crippen molar-refractivity contribution >= 4 is 19.0 Å². The van der Waals surface area contributed by atoms with Gasteiger partial charge in [-0.05, 0) is 0 Å². The molecule has 2 aromatic heterocycles. The maximum absolute atomic E-state index is 10.9. The number of aromatic nitrogens is 4. The SMILES string of the molecule is O=P(O)(O)OC[C@H]1O[C@@H](n2cnc3c(-c4ccccc4)ncnc32)[C@H](O)[C@@H]1O. The van der Waals surface area contributed by atoms with E-state index in [-0.39, 0.29) is 0 Å². The predicted octanol–water partition coefficient (Wildman–Crippen LogP) is 0.222. The first-order valence-corrected chi connectivity index (χ1v) is 9.83. The van der Waals surface area contributed by atoms with E-state index in [9.17, 15) is 14.8 Å². The fourth-order valence-corrected chi connectivity index (χ4v) is 3.45. The summed E-state index contributed by atoms with van der Waals surface area (Å²) in [6, 6.07) is 9.37. The van der Waals surface area contributed by atoms with Crippen LogP contribution in [0.2, 0.25) is 0 Å². The van der Waals surface area contributed by atoms with Crippen LogP contribution >= 0.6 is 7.82 Å². The Bertz CT molecular complexity index is 1020. The number of imidazole rings is 1. The van der Waals surface area contributed by atoms with Gasteiger partial charge < -0.3 is 24.7 Å². The monoisotopic (exact) mass is 408 g/mol. The van der Waals surface area contributed by atoms with Crippen LogP contribution in [0.5, 0.6) is 0 Å². The predicted molar refractivity (Wildman–Crippen MR) is 94.7 cm³/mol. The van der Waals surface area contributed by atoms with Crippen molar-refractivity contribution in [3.8, 4) is 11.3 Å². The van der Waals surface area contributed by atoms with Gasteiger partial charge in [-0.2, -0.15) is 0 Å². The Kier molecular flexibility index (Phi) is 4.98. The van der Waals surface area contributed by atoms with Crippen molar-refractivity contribution in [3.05, 3.63) is 43.0 Å². The standard InChI is InChI=1S/C16H17N4O7P/c21-13-10(6-26-28(23,24)25)27-16(14(13)22)20-8-19-12-11(17-7-18-15(12)20)9-4-2-1-3-5-9/h1-5,7-8,10,13-14,16,21-22H,6H2,(H2,23,24,25)/t10-,13-,14-,16-/m1/s1. The Morgan fingerprint density at radius 3 is 2.57 bits per heavy atom. The molecule has 1 aromatic carbocycles. The lowest BCUT2D eigenvalue weighted by Crippen LogP contribution is -2.33. The van der Waals surface area contributed by atoms with Crippen LogP contribution in [-0.2, 0) is 13.8 Å². The zero-order chi connectivity index (χ0) is 19.9. The number of ether oxygens (including phenoxy) is 1. The molecule has 0 aliphatic carbocycles. The van der Waals surface area contributed by atoms with Gasteiger partial charge in [0.1, 0.15) is 35.8 Å². The lowest BCUT2D eigenvalue weighted by Gasteiger charge is -2.16. The highest BCUT2D eigenvalue weighted by atomic mass is 31.2. The highest BCUT2D eigenvalue weighted by Crippen LogP contribution is 2.39. The number of aliphatic hydroxyl groups excluding tert-OH is 2. The first kappa shape index (κ1) is 19.1. The van der Waals surface area contributed by atoms with Crippen LogP contribution < -0.4 is 0 Å². The summed E-state index contributed by atoms with van der Waals surface area (Å²) in [4.78, 5) is 30.4. The molecule has 1 aliphatic rings. The van der Waals surface area contributed by atoms with E-state index in [2.05, 4.69) is 19.5 Å². The topological polar surface area (TPSA) is 160 Å². The van der Waals surface area contributed by atoms with Gasteiger partial charge in [0.05, 0.1) is 12.9 Å². The summed E-state index contributed by atoms with van der Waals surface area (Å²) in [7, 11) is -4.74. The molecular formula is C16H17N4O7P. The molecule has 1 aliphatic heterocycles. The molecule has 12 heteroatoms. The van der Waals surface area contributed by atoms with Crippen molar-refractivity contribution in [3.63, 3.8) is 0 Å². The molecule has 4 atom stereocenters. The zero-order valence-corrected chi connectivity index (χ0v) is 15.2. The van der Waals surface area contributed by atoms with Crippen LogP contribution in [0.15, 0.2) is 43.0 Å². The molecule has 0 unspecified atom stereocenters. The molecule has 3 aromatic rings. The minimum atomic E-state index is -4.74. The number of aliphatic hydroxyl groups is 2. The fraction of sp³-hybridized carbons (Fsp3) is 0.312. The highest BCUT2D eigenvalue weighted by Gasteiger charge is 2.45. The molecule has 4 N–H and O–H groups in total. The fourth-order valence-electron chi connectivity index (χ4n) is 3.11. The number of hydrogen-bond acceptors (Lipinski definition) is 8. The van der Waals surface area contributed by atoms with Gasteiger partial charge in [-0.1, -0.05) is 30.3 Å². The average Bonchev–Trinajstić information content (AvgIpc) is 3.22. The Morgan fingerprint density at radius 1 is 1.11 bits per heavy atom. The number of fused-ring (bicyclic) bond motifs is 1. The van der Waals surface area contributed by atoms with Crippen molar-refractivity contribution in [2.45, 2.75) is 24.5 Å². The van der Waals surface area contributed by atoms with E-state index in [1.807, 2.05) is 30.3 Å². The van der Waals surface area contributed by atoms with E-state index < -0.39 is 39.0 Å². The Morgan fingerprint density at radius 2 is 1.86 bits per heavy atom. The lowest BCUT2D eigenvalue weighted by atomic mass is 10.1. The minimum Gasteiger partial charge on any atom is -0.387 e. The van der Waals surface area contributed by atoms with Crippen LogP contribution in [0, 0.1) is 0 Å². The lowest BCUT2D eigenvalue weighted by molar-refractivity contribution is -0.0504. The molecule has 0 spiro atoms. The van der Waals surface area contributed by atoms with E-state index in [0.717, 1.165) is 5.56 Å². The molecule has 0 amide bonds. The maximum Gasteiger partial charge on any atom is 0.469 e. The first-order valence-electron chi connectivity index (χ1n) is 8.30. The molecule has 1 saturated heterocycles. The zero-order valence-electron chi connectivity index (χ0n) is 14.3. The van der Waals surface area contributed by atoms with Crippen LogP contribution in [0.3, 0.4) is 0 Å². The third-order valence-corrected chi connectivity index (χ3v) is 4.91. The van der Waals surface area contributed by atoms with Crippen molar-refractivity contribution < 1.29 is 33.8 Å². The molecule has 28 heavy (non-hydrogen) atoms. The summed E-state index contributed by atoms with van der Waals surface area (Å²) in [6.07, 6.45) is -2.24. The van der Waals surface area contributed by atoms with Gasteiger partial charge in [0.2, 0.25) is 0 Å². The molecule has 1 fully saturated rings. The molecule has 0 saturated carbocycles. The molecular weight excluding hydrogens is 391 g/mol. The summed E-state index contributed by atoms with van der Waals surface area (Å²) in [5.41, 5.74) is 2.29. The minimum absolute atomic E-state index is 0.377. The highest BCUT2D eigenvalue weighted by molar-refractivity contribution is 7.46. The summed E-state index contributed by atoms with van der Waals surface area (Å²) in [6.45, 7) is -0.587. The van der Waals surface area contributed by atoms with Crippen LogP contribution in [0.1, 0.15) is 6.23 Å². The summed E-state index contributed by atoms with van der Waals surface area (Å²) < 4.78 is 22.3. The van der Waals surface area contributed by atoms with Gasteiger partial charge in [0.25, 0.3) is 0 Å². The van der Waals surface area contributed by atoms with E-state index in [0.29, 0.717) is 16.9 Å². The second-order valence-corrected chi connectivity index (χ2v) is 7.48. The van der Waals surface area contributed by atoms with Crippen molar-refractivity contribution in [1.82, 2.24) is 19.5 Å². The average molecular weight is 408 g/mol. The van der Waals surface area contributed by atoms with Crippen LogP contribution in [0.4, 0.5) is 0 Å². The second-order valence-electron chi connectivity index (χ2n) is 6.24. The first-order chi connectivity index (χ1) is 13.3. The molecule has 3 heterocycles. The van der Waals surface area contributed by atoms with Gasteiger partial charge in [0.15, 0.2) is 11.9 Å². The second kappa shape index (κ2) is 7.30. The number of hydrogen-bond donors (Lipinski definition) is 4. The number of benzene rings is 1. The summed E-state index contributed by atoms with van der Waals surface area (Å²) in [5.74, 6) is 0. The Balaban J connectivity index is 1.66. The van der Waals surface area contributed by atoms with Gasteiger partial charge in [-0.15, -0.1) is 0 Å². The van der Waals surface area contributed by atoms with Gasteiger partial charge in [0, 0.05) is 5.56 Å². The quantitative estimate of drug-likeness (QED) is 0.430. The van der Waals surface area contributed by atoms with E-state index >= 15 is 0 Å². The van der Waals surface area contributed by atoms with Crippen LogP contribution in [-0.4, -0.2) is 64.4 Å². The Labute approximate surface area is 158 Å². The molecule has 4 rings (SSSR count). The van der Waals surface area contributed by atoms with Gasteiger partial charge in [-0.25, -0.2) is 19.5 Å². The van der Waals surface area contributed by atoms with E-state index in [1.165, 1.54) is 17.2 Å². The number of nitrogens with zero attached hydrogens (tertiary/aromatic N) is 4. The van der Waals surface area contributed by atoms with E-state index in [1.54, 1.807) is 0 Å². The molecule has 11 nitrogen and oxygen atoms in total. The third kappa shape index (κ3) is 3.56. The largest absolute Gasteiger partial charge is 0.469 e. The van der Waals surface area contributed by atoms with Crippen LogP contribution in [0.25, 0.3) is 22.4 Å². The molecule has 0 radical (unpaired) electrons. The molecule has 148 valence electrons. The number of phosphoric acid groups is 1. The van der Waals surface area contributed by atoms with Crippen molar-refractivity contribution in [2.24, 2.45) is 0 Å². The van der Waals surface area contributed by atoms with Gasteiger partial charge in [-0.3, -0.25) is 9.09 Å². The maximum atomic E-state index is 10.9. The van der Waals surface area contributed by atoms with Crippen molar-refractivity contribution in [1.29, 1.82) is 0 Å². The van der Waals surface area contributed by atoms with Crippen molar-refractivity contribution in [2.75, 3.05) is 6.61 Å². The summed E-state index contributed by atoms with van der Waals surface area (Å²) >= 11 is 0.